The Labute approximate surface area is 190 Å². The molecule has 5 aromatic rings. The fourth-order valence-corrected chi connectivity index (χ4v) is 4.70. The van der Waals surface area contributed by atoms with Gasteiger partial charge in [-0.3, -0.25) is 9.78 Å². The number of rotatable bonds is 1. The average Bonchev–Trinajstić information content (AvgIpc) is 2.84. The lowest BCUT2D eigenvalue weighted by Crippen LogP contribution is -2.12. The van der Waals surface area contributed by atoms with Crippen LogP contribution in [0.5, 0.6) is 0 Å². The molecule has 0 bridgehead atoms. The van der Waals surface area contributed by atoms with Gasteiger partial charge in [0.2, 0.25) is 5.95 Å². The van der Waals surface area contributed by atoms with Crippen molar-refractivity contribution in [2.75, 3.05) is 11.5 Å². The molecule has 0 spiro atoms. The van der Waals surface area contributed by atoms with Crippen LogP contribution in [0.25, 0.3) is 32.7 Å². The number of fused-ring (bicyclic) bond motifs is 6. The van der Waals surface area contributed by atoms with Crippen molar-refractivity contribution in [2.24, 2.45) is 0 Å². The summed E-state index contributed by atoms with van der Waals surface area (Å²) in [6.45, 7) is 4.01. The third-order valence-corrected chi connectivity index (χ3v) is 6.21. The molecule has 2 heterocycles. The first-order valence-corrected chi connectivity index (χ1v) is 10.9. The van der Waals surface area contributed by atoms with E-state index >= 15 is 0 Å². The SMILES string of the molecule is C=CC1CCCc2c1ccc1c2cc(N)c2ccccc21.Nc1nc2nccnc2c(=O)[nH]1. The number of hydrogen-bond acceptors (Lipinski definition) is 6. The highest BCUT2D eigenvalue weighted by Gasteiger charge is 2.20. The van der Waals surface area contributed by atoms with E-state index in [2.05, 4.69) is 75.1 Å². The molecule has 7 nitrogen and oxygen atoms in total. The van der Waals surface area contributed by atoms with E-state index in [0.717, 1.165) is 17.5 Å². The second-order valence-electron chi connectivity index (χ2n) is 8.15. The molecule has 0 radical (unpaired) electrons. The molecule has 1 aliphatic carbocycles. The predicted molar refractivity (Wildman–Crippen MR) is 134 cm³/mol. The van der Waals surface area contributed by atoms with Crippen molar-refractivity contribution in [3.8, 4) is 0 Å². The summed E-state index contributed by atoms with van der Waals surface area (Å²) in [5.41, 5.74) is 15.5. The van der Waals surface area contributed by atoms with Crippen molar-refractivity contribution in [3.63, 3.8) is 0 Å². The van der Waals surface area contributed by atoms with Gasteiger partial charge in [-0.1, -0.05) is 42.5 Å². The van der Waals surface area contributed by atoms with Gasteiger partial charge >= 0.3 is 0 Å². The topological polar surface area (TPSA) is 124 Å². The van der Waals surface area contributed by atoms with Crippen LogP contribution in [0.2, 0.25) is 0 Å². The number of allylic oxidation sites excluding steroid dienone is 1. The van der Waals surface area contributed by atoms with Gasteiger partial charge in [0.05, 0.1) is 0 Å². The van der Waals surface area contributed by atoms with E-state index in [1.165, 1.54) is 52.5 Å². The summed E-state index contributed by atoms with van der Waals surface area (Å²) in [5.74, 6) is 0.541. The Balaban J connectivity index is 0.000000162. The van der Waals surface area contributed by atoms with Gasteiger partial charge in [0, 0.05) is 29.4 Å². The minimum atomic E-state index is -0.370. The molecule has 0 saturated carbocycles. The summed E-state index contributed by atoms with van der Waals surface area (Å²) in [6, 6.07) is 15.2. The molecular weight excluding hydrogens is 412 g/mol. The van der Waals surface area contributed by atoms with Crippen LogP contribution in [0.1, 0.15) is 29.9 Å². The van der Waals surface area contributed by atoms with Crippen LogP contribution in [0.3, 0.4) is 0 Å². The molecule has 3 aromatic carbocycles. The van der Waals surface area contributed by atoms with Crippen molar-refractivity contribution in [2.45, 2.75) is 25.2 Å². The summed E-state index contributed by atoms with van der Waals surface area (Å²) >= 11 is 0. The number of anilines is 2. The number of nitrogen functional groups attached to an aromatic ring is 2. The highest BCUT2D eigenvalue weighted by atomic mass is 16.1. The second-order valence-corrected chi connectivity index (χ2v) is 8.15. The lowest BCUT2D eigenvalue weighted by Gasteiger charge is -2.25. The predicted octanol–water partition coefficient (Wildman–Crippen LogP) is 4.48. The standard InChI is InChI=1S/C20H19N.C6H5N5O/c1-2-13-6-5-9-15-14(13)10-11-17-16-7-3-4-8-18(16)20(21)12-19(15)17;7-6-10-4-3(5(12)11-6)8-1-2-9-4/h2-4,7-8,10-13H,1,5-6,9,21H2;1-2H,(H3,7,9,10,11,12). The van der Waals surface area contributed by atoms with Gasteiger partial charge in [-0.2, -0.15) is 4.98 Å². The fraction of sp³-hybridized carbons (Fsp3) is 0.154. The minimum absolute atomic E-state index is 0.0491. The zero-order chi connectivity index (χ0) is 22.9. The molecule has 1 unspecified atom stereocenters. The van der Waals surface area contributed by atoms with Gasteiger partial charge < -0.3 is 11.5 Å². The lowest BCUT2D eigenvalue weighted by molar-refractivity contribution is 0.633. The molecule has 0 fully saturated rings. The van der Waals surface area contributed by atoms with E-state index in [9.17, 15) is 4.79 Å². The molecule has 0 aliphatic heterocycles. The van der Waals surface area contributed by atoms with Crippen molar-refractivity contribution in [1.82, 2.24) is 19.9 Å². The van der Waals surface area contributed by atoms with Gasteiger partial charge in [0.1, 0.15) is 0 Å². The van der Waals surface area contributed by atoms with Gasteiger partial charge in [0.15, 0.2) is 11.2 Å². The molecule has 6 rings (SSSR count). The molecule has 1 aliphatic rings. The summed E-state index contributed by atoms with van der Waals surface area (Å²) in [6.07, 6.45) is 8.56. The number of benzene rings is 3. The monoisotopic (exact) mass is 436 g/mol. The molecule has 0 amide bonds. The van der Waals surface area contributed by atoms with E-state index in [1.54, 1.807) is 0 Å². The fourth-order valence-electron chi connectivity index (χ4n) is 4.70. The van der Waals surface area contributed by atoms with Crippen LogP contribution in [-0.2, 0) is 6.42 Å². The van der Waals surface area contributed by atoms with Crippen molar-refractivity contribution >= 4 is 44.3 Å². The largest absolute Gasteiger partial charge is 0.398 e. The van der Waals surface area contributed by atoms with Crippen molar-refractivity contribution in [3.05, 3.63) is 89.0 Å². The summed E-state index contributed by atoms with van der Waals surface area (Å²) in [7, 11) is 0. The molecule has 164 valence electrons. The Morgan fingerprint density at radius 3 is 2.58 bits per heavy atom. The van der Waals surface area contributed by atoms with Crippen molar-refractivity contribution in [1.29, 1.82) is 0 Å². The van der Waals surface area contributed by atoms with E-state index in [1.807, 2.05) is 0 Å². The smallest absolute Gasteiger partial charge is 0.280 e. The Kier molecular flexibility index (Phi) is 5.22. The van der Waals surface area contributed by atoms with Crippen LogP contribution in [0.15, 0.2) is 72.3 Å². The van der Waals surface area contributed by atoms with E-state index in [4.69, 9.17) is 11.5 Å². The zero-order valence-electron chi connectivity index (χ0n) is 18.1. The Morgan fingerprint density at radius 2 is 1.76 bits per heavy atom. The third kappa shape index (κ3) is 3.67. The first kappa shape index (κ1) is 20.6. The summed E-state index contributed by atoms with van der Waals surface area (Å²) < 4.78 is 0. The van der Waals surface area contributed by atoms with E-state index in [0.29, 0.717) is 5.92 Å². The van der Waals surface area contributed by atoms with Gasteiger partial charge in [-0.25, -0.2) is 9.97 Å². The number of hydrogen-bond donors (Lipinski definition) is 3. The maximum atomic E-state index is 11.1. The Bertz CT molecular complexity index is 1570. The lowest BCUT2D eigenvalue weighted by atomic mass is 9.80. The van der Waals surface area contributed by atoms with E-state index in [-0.39, 0.29) is 22.7 Å². The van der Waals surface area contributed by atoms with Crippen molar-refractivity contribution < 1.29 is 0 Å². The molecule has 5 N–H and O–H groups in total. The quantitative estimate of drug-likeness (QED) is 0.202. The molecule has 33 heavy (non-hydrogen) atoms. The summed E-state index contributed by atoms with van der Waals surface area (Å²) in [5, 5.41) is 5.07. The van der Waals surface area contributed by atoms with Crippen LogP contribution in [0.4, 0.5) is 11.6 Å². The number of aromatic nitrogens is 4. The molecular formula is C26H24N6O. The Morgan fingerprint density at radius 1 is 1.00 bits per heavy atom. The molecule has 7 heteroatoms. The molecule has 1 atom stereocenters. The number of aromatic amines is 1. The number of nitrogens with zero attached hydrogens (tertiary/aromatic N) is 3. The number of nitrogens with two attached hydrogens (primary N) is 2. The number of H-pyrrole nitrogens is 1. The van der Waals surface area contributed by atoms with Gasteiger partial charge in [-0.05, 0) is 52.6 Å². The number of nitrogens with one attached hydrogen (secondary N) is 1. The maximum absolute atomic E-state index is 11.1. The first-order valence-electron chi connectivity index (χ1n) is 10.9. The molecule has 0 saturated heterocycles. The number of aryl methyl sites for hydroxylation is 1. The Hall–Kier alpha value is -4.26. The normalized spacial score (nSPS) is 15.1. The molecule has 2 aromatic heterocycles. The van der Waals surface area contributed by atoms with Crippen LogP contribution < -0.4 is 17.0 Å². The maximum Gasteiger partial charge on any atom is 0.280 e. The average molecular weight is 437 g/mol. The van der Waals surface area contributed by atoms with Crippen LogP contribution in [-0.4, -0.2) is 19.9 Å². The minimum Gasteiger partial charge on any atom is -0.398 e. The van der Waals surface area contributed by atoms with Gasteiger partial charge in [0.25, 0.3) is 5.56 Å². The highest BCUT2D eigenvalue weighted by Crippen LogP contribution is 2.40. The first-order chi connectivity index (χ1) is 16.1. The van der Waals surface area contributed by atoms with Gasteiger partial charge in [-0.15, -0.1) is 6.58 Å². The van der Waals surface area contributed by atoms with Crippen LogP contribution in [0, 0.1) is 0 Å². The third-order valence-electron chi connectivity index (χ3n) is 6.21. The van der Waals surface area contributed by atoms with Crippen LogP contribution >= 0.6 is 0 Å². The summed E-state index contributed by atoms with van der Waals surface area (Å²) in [4.78, 5) is 24.9. The zero-order valence-corrected chi connectivity index (χ0v) is 18.1. The van der Waals surface area contributed by atoms with E-state index < -0.39 is 0 Å². The second kappa shape index (κ2) is 8.35. The highest BCUT2D eigenvalue weighted by molar-refractivity contribution is 6.13.